The molecule has 2 heterocycles. The first-order chi connectivity index (χ1) is 11.6. The molecule has 24 heavy (non-hydrogen) atoms. The van der Waals surface area contributed by atoms with Crippen molar-refractivity contribution in [3.8, 4) is 5.75 Å². The second-order valence-electron chi connectivity index (χ2n) is 5.07. The summed E-state index contributed by atoms with van der Waals surface area (Å²) in [6.45, 7) is 0.391. The van der Waals surface area contributed by atoms with Crippen LogP contribution in [-0.2, 0) is 20.2 Å². The maximum atomic E-state index is 12.8. The average Bonchev–Trinajstić information content (AvgIpc) is 3.21. The van der Waals surface area contributed by atoms with Gasteiger partial charge < -0.3 is 14.5 Å². The fourth-order valence-corrected chi connectivity index (χ4v) is 1.99. The number of carbonyl (C=O) groups excluding carboxylic acids is 1. The van der Waals surface area contributed by atoms with E-state index in [-0.39, 0.29) is 29.9 Å². The molecule has 0 aliphatic carbocycles. The molecule has 1 N–H and O–H groups in total. The Morgan fingerprint density at radius 1 is 1.38 bits per heavy atom. The molecule has 3 rings (SSSR count). The van der Waals surface area contributed by atoms with Gasteiger partial charge >= 0.3 is 0 Å². The molecular formula is C16H15FN4O3. The van der Waals surface area contributed by atoms with E-state index < -0.39 is 0 Å². The minimum absolute atomic E-state index is 0.0432. The number of halogens is 1. The topological polar surface area (TPSA) is 82.2 Å². The van der Waals surface area contributed by atoms with Gasteiger partial charge in [-0.05, 0) is 24.3 Å². The molecule has 0 unspecified atom stereocenters. The van der Waals surface area contributed by atoms with Crippen molar-refractivity contribution < 1.29 is 18.3 Å². The monoisotopic (exact) mass is 330 g/mol. The Hall–Kier alpha value is -3.16. The van der Waals surface area contributed by atoms with Crippen LogP contribution in [-0.4, -0.2) is 20.7 Å². The van der Waals surface area contributed by atoms with Crippen molar-refractivity contribution in [2.45, 2.75) is 13.2 Å². The summed E-state index contributed by atoms with van der Waals surface area (Å²) in [7, 11) is 1.80. The lowest BCUT2D eigenvalue weighted by Gasteiger charge is -2.02. The second kappa shape index (κ2) is 6.95. The van der Waals surface area contributed by atoms with Gasteiger partial charge in [0.25, 0.3) is 5.91 Å². The van der Waals surface area contributed by atoms with Gasteiger partial charge in [-0.1, -0.05) is 0 Å². The summed E-state index contributed by atoms with van der Waals surface area (Å²) in [5.74, 6) is 0.0460. The molecule has 2 aromatic heterocycles. The van der Waals surface area contributed by atoms with Crippen LogP contribution >= 0.6 is 0 Å². The minimum atomic E-state index is -0.351. The fraction of sp³-hybridized carbons (Fsp3) is 0.188. The van der Waals surface area contributed by atoms with E-state index in [0.29, 0.717) is 12.3 Å². The number of nitrogens with zero attached hydrogens (tertiary/aromatic N) is 3. The molecule has 0 saturated heterocycles. The van der Waals surface area contributed by atoms with E-state index in [0.717, 1.165) is 5.56 Å². The Morgan fingerprint density at radius 3 is 2.88 bits per heavy atom. The molecule has 0 fully saturated rings. The molecule has 0 saturated carbocycles. The molecule has 0 aliphatic rings. The number of hydrogen-bond acceptors (Lipinski definition) is 5. The number of oxazole rings is 1. The zero-order valence-corrected chi connectivity index (χ0v) is 12.9. The molecule has 0 aliphatic heterocycles. The fourth-order valence-electron chi connectivity index (χ4n) is 1.99. The Labute approximate surface area is 137 Å². The highest BCUT2D eigenvalue weighted by atomic mass is 19.1. The molecular weight excluding hydrogens is 315 g/mol. The first kappa shape index (κ1) is 15.7. The number of rotatable bonds is 6. The van der Waals surface area contributed by atoms with Gasteiger partial charge in [-0.3, -0.25) is 9.48 Å². The smallest absolute Gasteiger partial charge is 0.273 e. The quantitative estimate of drug-likeness (QED) is 0.748. The Kier molecular flexibility index (Phi) is 4.55. The molecule has 1 aromatic carbocycles. The van der Waals surface area contributed by atoms with E-state index in [1.165, 1.54) is 30.5 Å². The van der Waals surface area contributed by atoms with E-state index in [1.54, 1.807) is 17.9 Å². The SMILES string of the molecule is Cn1cc(CNC(=O)c2coc(COc3ccc(F)cc3)n2)cn1. The van der Waals surface area contributed by atoms with Gasteiger partial charge in [0.2, 0.25) is 5.89 Å². The second-order valence-corrected chi connectivity index (χ2v) is 5.07. The van der Waals surface area contributed by atoms with E-state index in [4.69, 9.17) is 9.15 Å². The predicted molar refractivity (Wildman–Crippen MR) is 81.6 cm³/mol. The number of benzene rings is 1. The van der Waals surface area contributed by atoms with E-state index in [9.17, 15) is 9.18 Å². The van der Waals surface area contributed by atoms with Gasteiger partial charge in [-0.2, -0.15) is 5.10 Å². The molecule has 8 heteroatoms. The van der Waals surface area contributed by atoms with Crippen LogP contribution in [0.25, 0.3) is 0 Å². The lowest BCUT2D eigenvalue weighted by atomic mass is 10.3. The lowest BCUT2D eigenvalue weighted by molar-refractivity contribution is 0.0946. The van der Waals surface area contributed by atoms with Crippen molar-refractivity contribution in [3.63, 3.8) is 0 Å². The van der Waals surface area contributed by atoms with Crippen molar-refractivity contribution >= 4 is 5.91 Å². The van der Waals surface area contributed by atoms with Gasteiger partial charge in [-0.25, -0.2) is 9.37 Å². The third kappa shape index (κ3) is 3.97. The predicted octanol–water partition coefficient (Wildman–Crippen LogP) is 2.06. The van der Waals surface area contributed by atoms with Crippen LogP contribution in [0.4, 0.5) is 4.39 Å². The summed E-state index contributed by atoms with van der Waals surface area (Å²) in [4.78, 5) is 16.1. The highest BCUT2D eigenvalue weighted by molar-refractivity contribution is 5.91. The Balaban J connectivity index is 1.52. The molecule has 0 bridgehead atoms. The molecule has 0 radical (unpaired) electrons. The Morgan fingerprint density at radius 2 is 2.17 bits per heavy atom. The molecule has 0 spiro atoms. The maximum absolute atomic E-state index is 12.8. The molecule has 7 nitrogen and oxygen atoms in total. The molecule has 3 aromatic rings. The van der Waals surface area contributed by atoms with E-state index in [2.05, 4.69) is 15.4 Å². The van der Waals surface area contributed by atoms with Crippen molar-refractivity contribution in [1.82, 2.24) is 20.1 Å². The summed E-state index contributed by atoms with van der Waals surface area (Å²) in [5.41, 5.74) is 1.05. The summed E-state index contributed by atoms with van der Waals surface area (Å²) >= 11 is 0. The number of carbonyl (C=O) groups is 1. The third-order valence-corrected chi connectivity index (χ3v) is 3.17. The summed E-state index contributed by atoms with van der Waals surface area (Å²) < 4.78 is 25.1. The molecule has 124 valence electrons. The standard InChI is InChI=1S/C16H15FN4O3/c1-21-8-11(7-19-21)6-18-16(22)14-9-24-15(20-14)10-23-13-4-2-12(17)3-5-13/h2-5,7-9H,6,10H2,1H3,(H,18,22). The van der Waals surface area contributed by atoms with Gasteiger partial charge in [0.15, 0.2) is 12.3 Å². The normalized spacial score (nSPS) is 10.6. The van der Waals surface area contributed by atoms with Crippen LogP contribution in [0.3, 0.4) is 0 Å². The van der Waals surface area contributed by atoms with Gasteiger partial charge in [-0.15, -0.1) is 0 Å². The van der Waals surface area contributed by atoms with E-state index >= 15 is 0 Å². The zero-order chi connectivity index (χ0) is 16.9. The van der Waals surface area contributed by atoms with Gasteiger partial charge in [0, 0.05) is 25.4 Å². The van der Waals surface area contributed by atoms with Crippen molar-refractivity contribution in [2.75, 3.05) is 0 Å². The third-order valence-electron chi connectivity index (χ3n) is 3.17. The van der Waals surface area contributed by atoms with Crippen LogP contribution in [0.5, 0.6) is 5.75 Å². The number of hydrogen-bond donors (Lipinski definition) is 1. The van der Waals surface area contributed by atoms with Crippen molar-refractivity contribution in [2.24, 2.45) is 7.05 Å². The van der Waals surface area contributed by atoms with Crippen LogP contribution < -0.4 is 10.1 Å². The highest BCUT2D eigenvalue weighted by Gasteiger charge is 2.12. The summed E-state index contributed by atoms with van der Waals surface area (Å²) in [6.07, 6.45) is 4.75. The highest BCUT2D eigenvalue weighted by Crippen LogP contribution is 2.13. The number of nitrogens with one attached hydrogen (secondary N) is 1. The van der Waals surface area contributed by atoms with Crippen molar-refractivity contribution in [3.05, 3.63) is 65.9 Å². The summed E-state index contributed by atoms with van der Waals surface area (Å²) in [6, 6.07) is 5.59. The lowest BCUT2D eigenvalue weighted by Crippen LogP contribution is -2.23. The zero-order valence-electron chi connectivity index (χ0n) is 12.9. The van der Waals surface area contributed by atoms with Crippen LogP contribution in [0.1, 0.15) is 21.9 Å². The van der Waals surface area contributed by atoms with Crippen LogP contribution in [0, 0.1) is 5.82 Å². The molecule has 1 amide bonds. The number of amides is 1. The first-order valence-electron chi connectivity index (χ1n) is 7.18. The molecule has 0 atom stereocenters. The van der Waals surface area contributed by atoms with Gasteiger partial charge in [0.05, 0.1) is 6.20 Å². The van der Waals surface area contributed by atoms with Gasteiger partial charge in [0.1, 0.15) is 17.8 Å². The number of aromatic nitrogens is 3. The summed E-state index contributed by atoms with van der Waals surface area (Å²) in [5, 5.41) is 6.75. The van der Waals surface area contributed by atoms with Crippen LogP contribution in [0.2, 0.25) is 0 Å². The minimum Gasteiger partial charge on any atom is -0.484 e. The number of aryl methyl sites for hydroxylation is 1. The van der Waals surface area contributed by atoms with E-state index in [1.807, 2.05) is 6.20 Å². The average molecular weight is 330 g/mol. The largest absolute Gasteiger partial charge is 0.484 e. The Bertz CT molecular complexity index is 826. The van der Waals surface area contributed by atoms with Crippen LogP contribution in [0.15, 0.2) is 47.3 Å². The first-order valence-corrected chi connectivity index (χ1v) is 7.18. The number of ether oxygens (including phenoxy) is 1. The maximum Gasteiger partial charge on any atom is 0.273 e. The van der Waals surface area contributed by atoms with Crippen molar-refractivity contribution in [1.29, 1.82) is 0 Å².